The summed E-state index contributed by atoms with van der Waals surface area (Å²) >= 11 is 0. The van der Waals surface area contributed by atoms with Crippen LogP contribution in [0.15, 0.2) is 71.1 Å². The van der Waals surface area contributed by atoms with E-state index in [0.29, 0.717) is 11.1 Å². The van der Waals surface area contributed by atoms with Crippen molar-refractivity contribution in [2.75, 3.05) is 34.5 Å². The Kier molecular flexibility index (Phi) is 12.2. The van der Waals surface area contributed by atoms with Crippen molar-refractivity contribution in [3.63, 3.8) is 0 Å². The number of hydrogen-bond acceptors (Lipinski definition) is 10. The zero-order valence-electron chi connectivity index (χ0n) is 22.1. The molecule has 0 heterocycles. The summed E-state index contributed by atoms with van der Waals surface area (Å²) < 4.78 is 49.4. The number of nitro benzene ring substituents is 1. The molecule has 12 nitrogen and oxygen atoms in total. The summed E-state index contributed by atoms with van der Waals surface area (Å²) in [5.41, 5.74) is 0.713. The van der Waals surface area contributed by atoms with Gasteiger partial charge in [-0.3, -0.25) is 14.9 Å². The van der Waals surface area contributed by atoms with E-state index < -0.39 is 45.0 Å². The Morgan fingerprint density at radius 3 is 2.18 bits per heavy atom. The van der Waals surface area contributed by atoms with Gasteiger partial charge in [-0.05, 0) is 37.3 Å². The van der Waals surface area contributed by atoms with Gasteiger partial charge in [-0.1, -0.05) is 23.8 Å². The molecule has 39 heavy (non-hydrogen) atoms. The molecule has 212 valence electrons. The van der Waals surface area contributed by atoms with Crippen molar-refractivity contribution < 1.29 is 41.9 Å². The molecular weight excluding hydrogens is 532 g/mol. The van der Waals surface area contributed by atoms with E-state index >= 15 is 0 Å². The van der Waals surface area contributed by atoms with E-state index in [0.717, 1.165) is 24.3 Å². The minimum atomic E-state index is -4.09. The van der Waals surface area contributed by atoms with Gasteiger partial charge in [0.15, 0.2) is 6.29 Å². The first kappa shape index (κ1) is 31.6. The van der Waals surface area contributed by atoms with Crippen LogP contribution in [0.1, 0.15) is 23.7 Å². The number of rotatable bonds is 15. The van der Waals surface area contributed by atoms with Crippen LogP contribution in [0.4, 0.5) is 5.69 Å². The fourth-order valence-electron chi connectivity index (χ4n) is 3.89. The normalized spacial score (nSPS) is 13.5. The maximum Gasteiger partial charge on any atom is 0.338 e. The quantitative estimate of drug-likeness (QED) is 0.112. The van der Waals surface area contributed by atoms with E-state index in [1.54, 1.807) is 43.3 Å². The van der Waals surface area contributed by atoms with Crippen molar-refractivity contribution in [2.24, 2.45) is 11.8 Å². The van der Waals surface area contributed by atoms with Crippen LogP contribution in [-0.2, 0) is 33.8 Å². The van der Waals surface area contributed by atoms with Gasteiger partial charge in [0.2, 0.25) is 10.0 Å². The zero-order valence-corrected chi connectivity index (χ0v) is 22.9. The van der Waals surface area contributed by atoms with Crippen LogP contribution < -0.4 is 4.72 Å². The summed E-state index contributed by atoms with van der Waals surface area (Å²) in [7, 11) is -0.0905. The molecule has 0 bridgehead atoms. The molecule has 0 radical (unpaired) electrons. The van der Waals surface area contributed by atoms with Crippen LogP contribution in [0.2, 0.25) is 0 Å². The Hall–Kier alpha value is -3.65. The Balaban J connectivity index is 2.32. The molecular formula is C26H32N2O10S. The number of methoxy groups -OCH3 is 3. The van der Waals surface area contributed by atoms with E-state index in [9.17, 15) is 28.1 Å². The van der Waals surface area contributed by atoms with Crippen molar-refractivity contribution >= 4 is 27.6 Å². The monoisotopic (exact) mass is 564 g/mol. The van der Waals surface area contributed by atoms with E-state index in [4.69, 9.17) is 18.9 Å². The lowest BCUT2D eigenvalue weighted by Gasteiger charge is -2.32. The molecule has 2 atom stereocenters. The average molecular weight is 565 g/mol. The van der Waals surface area contributed by atoms with Crippen molar-refractivity contribution in [3.8, 4) is 0 Å². The van der Waals surface area contributed by atoms with Crippen LogP contribution >= 0.6 is 0 Å². The highest BCUT2D eigenvalue weighted by Gasteiger charge is 2.34. The van der Waals surface area contributed by atoms with Crippen molar-refractivity contribution in [1.82, 2.24) is 4.72 Å². The fraction of sp³-hybridized carbons (Fsp3) is 0.385. The highest BCUT2D eigenvalue weighted by atomic mass is 32.2. The van der Waals surface area contributed by atoms with Gasteiger partial charge in [0.25, 0.3) is 5.69 Å². The molecule has 0 aliphatic rings. The molecule has 2 aromatic carbocycles. The Morgan fingerprint density at radius 1 is 1.03 bits per heavy atom. The van der Waals surface area contributed by atoms with E-state index in [2.05, 4.69) is 4.72 Å². The molecule has 0 aromatic heterocycles. The smallest absolute Gasteiger partial charge is 0.338 e. The van der Waals surface area contributed by atoms with Gasteiger partial charge in [-0.25, -0.2) is 17.9 Å². The van der Waals surface area contributed by atoms with Crippen LogP contribution in [0.25, 0.3) is 0 Å². The largest absolute Gasteiger partial charge is 0.469 e. The Morgan fingerprint density at radius 2 is 1.64 bits per heavy atom. The highest BCUT2D eigenvalue weighted by Crippen LogP contribution is 2.29. The van der Waals surface area contributed by atoms with Gasteiger partial charge < -0.3 is 18.9 Å². The molecule has 1 unspecified atom stereocenters. The molecule has 0 saturated carbocycles. The van der Waals surface area contributed by atoms with Crippen molar-refractivity contribution in [1.29, 1.82) is 0 Å². The molecule has 1 N–H and O–H groups in total. The van der Waals surface area contributed by atoms with Gasteiger partial charge in [0.1, 0.15) is 6.61 Å². The number of nitrogens with one attached hydrogen (secondary N) is 1. The highest BCUT2D eigenvalue weighted by molar-refractivity contribution is 7.89. The first-order chi connectivity index (χ1) is 18.5. The van der Waals surface area contributed by atoms with E-state index in [-0.39, 0.29) is 30.2 Å². The summed E-state index contributed by atoms with van der Waals surface area (Å²) in [6.45, 7) is 1.40. The third-order valence-corrected chi connectivity index (χ3v) is 7.47. The summed E-state index contributed by atoms with van der Waals surface area (Å²) in [4.78, 5) is 34.6. The van der Waals surface area contributed by atoms with Gasteiger partial charge in [-0.15, -0.1) is 0 Å². The van der Waals surface area contributed by atoms with Crippen molar-refractivity contribution in [2.45, 2.75) is 24.5 Å². The number of nitrogens with zero attached hydrogens (tertiary/aromatic N) is 1. The number of benzene rings is 2. The first-order valence-corrected chi connectivity index (χ1v) is 13.3. The fourth-order valence-corrected chi connectivity index (χ4v) is 4.95. The van der Waals surface area contributed by atoms with Crippen LogP contribution in [0.5, 0.6) is 0 Å². The molecule has 0 aliphatic heterocycles. The maximum atomic E-state index is 13.0. The summed E-state index contributed by atoms with van der Waals surface area (Å²) in [6, 6.07) is 12.8. The number of ether oxygens (including phenoxy) is 4. The van der Waals surface area contributed by atoms with Gasteiger partial charge in [0.05, 0.1) is 28.9 Å². The third kappa shape index (κ3) is 9.25. The molecule has 0 aliphatic carbocycles. The van der Waals surface area contributed by atoms with Crippen LogP contribution in [0.3, 0.4) is 0 Å². The van der Waals surface area contributed by atoms with Gasteiger partial charge in [0, 0.05) is 44.7 Å². The minimum Gasteiger partial charge on any atom is -0.469 e. The Bertz CT molecular complexity index is 1240. The topological polar surface area (TPSA) is 160 Å². The third-order valence-electron chi connectivity index (χ3n) is 6.03. The SMILES string of the molecule is COC(=O)C[C@H](C(OC)OC)C(CNS(=O)(=O)c1ccc([N+](=O)[O-])cc1)/C(C)=C\COC(=O)c1ccccc1. The number of esters is 2. The van der Waals surface area contributed by atoms with E-state index in [1.165, 1.54) is 21.3 Å². The number of carbonyl (C=O) groups excluding carboxylic acids is 2. The lowest BCUT2D eigenvalue weighted by Crippen LogP contribution is -2.40. The lowest BCUT2D eigenvalue weighted by atomic mass is 9.83. The van der Waals surface area contributed by atoms with Gasteiger partial charge in [-0.2, -0.15) is 0 Å². The maximum absolute atomic E-state index is 13.0. The molecule has 0 spiro atoms. The van der Waals surface area contributed by atoms with Crippen LogP contribution in [0, 0.1) is 22.0 Å². The number of non-ortho nitro benzene ring substituents is 1. The number of sulfonamides is 1. The summed E-state index contributed by atoms with van der Waals surface area (Å²) in [5, 5.41) is 10.9. The van der Waals surface area contributed by atoms with E-state index in [1.807, 2.05) is 0 Å². The second kappa shape index (κ2) is 15.1. The zero-order chi connectivity index (χ0) is 29.0. The predicted octanol–water partition coefficient (Wildman–Crippen LogP) is 3.09. The molecule has 0 fully saturated rings. The molecule has 13 heteroatoms. The van der Waals surface area contributed by atoms with Crippen molar-refractivity contribution in [3.05, 3.63) is 81.9 Å². The molecule has 0 saturated heterocycles. The van der Waals surface area contributed by atoms with Crippen LogP contribution in [-0.4, -0.2) is 66.1 Å². The standard InChI is InChI=1S/C26H32N2O10S/c1-18(14-15-38-25(30)19-8-6-5-7-9-19)23(22(16-24(29)35-2)26(36-3)37-4)17-27-39(33,34)21-12-10-20(11-13-21)28(31)32/h5-14,22-23,26-27H,15-17H2,1-4H3/b18-14-/t22-,23?/m0/s1. The molecule has 0 amide bonds. The molecule has 2 rings (SSSR count). The summed E-state index contributed by atoms with van der Waals surface area (Å²) in [6.07, 6.45) is 0.535. The second-order valence-corrected chi connectivity index (χ2v) is 10.2. The summed E-state index contributed by atoms with van der Waals surface area (Å²) in [5.74, 6) is -2.47. The Labute approximate surface area is 227 Å². The second-order valence-electron chi connectivity index (χ2n) is 8.41. The molecule has 2 aromatic rings. The number of nitro groups is 1. The minimum absolute atomic E-state index is 0.110. The predicted molar refractivity (Wildman–Crippen MR) is 140 cm³/mol. The average Bonchev–Trinajstić information content (AvgIpc) is 2.93. The number of carbonyl (C=O) groups is 2. The lowest BCUT2D eigenvalue weighted by molar-refractivity contribution is -0.384. The first-order valence-electron chi connectivity index (χ1n) is 11.8. The van der Waals surface area contributed by atoms with Gasteiger partial charge >= 0.3 is 11.9 Å². The number of hydrogen-bond donors (Lipinski definition) is 1.